The van der Waals surface area contributed by atoms with Gasteiger partial charge in [-0.3, -0.25) is 9.89 Å². The number of ether oxygens (including phenoxy) is 2. The van der Waals surface area contributed by atoms with Crippen molar-refractivity contribution in [1.82, 2.24) is 15.1 Å². The lowest BCUT2D eigenvalue weighted by atomic mass is 10.2. The minimum absolute atomic E-state index is 0.612. The van der Waals surface area contributed by atoms with Crippen molar-refractivity contribution in [1.29, 1.82) is 0 Å². The van der Waals surface area contributed by atoms with Crippen LogP contribution in [0.5, 0.6) is 5.75 Å². The summed E-state index contributed by atoms with van der Waals surface area (Å²) in [6.07, 6.45) is 1.19. The van der Waals surface area contributed by atoms with Crippen LogP contribution in [0.2, 0.25) is 0 Å². The molecule has 2 heterocycles. The highest BCUT2D eigenvalue weighted by atomic mass is 79.9. The predicted octanol–water partition coefficient (Wildman–Crippen LogP) is 1.81. The molecule has 2 saturated heterocycles. The molecule has 1 atom stereocenters. The smallest absolute Gasteiger partial charge is 0.193 e. The number of benzene rings is 1. The Balaban J connectivity index is 1.39. The molecule has 25 heavy (non-hydrogen) atoms. The van der Waals surface area contributed by atoms with Gasteiger partial charge in [-0.25, -0.2) is 0 Å². The molecule has 7 heteroatoms. The van der Waals surface area contributed by atoms with E-state index in [1.807, 2.05) is 31.3 Å². The van der Waals surface area contributed by atoms with E-state index < -0.39 is 0 Å². The summed E-state index contributed by atoms with van der Waals surface area (Å²) in [5, 5.41) is 3.41. The minimum atomic E-state index is 0.612. The maximum absolute atomic E-state index is 5.76. The third-order valence-electron chi connectivity index (χ3n) is 4.70. The second-order valence-electron chi connectivity index (χ2n) is 6.31. The normalized spacial score (nSPS) is 22.2. The largest absolute Gasteiger partial charge is 0.492 e. The van der Waals surface area contributed by atoms with Crippen molar-refractivity contribution in [2.75, 3.05) is 59.6 Å². The molecule has 1 aromatic rings. The predicted molar refractivity (Wildman–Crippen MR) is 103 cm³/mol. The highest BCUT2D eigenvalue weighted by molar-refractivity contribution is 9.10. The number of likely N-dealkylation sites (tertiary alicyclic amines) is 1. The van der Waals surface area contributed by atoms with Crippen LogP contribution in [-0.2, 0) is 4.74 Å². The molecule has 0 amide bonds. The molecule has 0 aromatic heterocycles. The van der Waals surface area contributed by atoms with E-state index in [0.717, 1.165) is 62.1 Å². The third-order valence-corrected chi connectivity index (χ3v) is 5.23. The van der Waals surface area contributed by atoms with E-state index in [0.29, 0.717) is 12.6 Å². The molecule has 0 radical (unpaired) electrons. The molecule has 6 nitrogen and oxygen atoms in total. The Kier molecular flexibility index (Phi) is 6.95. The molecule has 3 rings (SSSR count). The minimum Gasteiger partial charge on any atom is -0.492 e. The molecular formula is C18H27BrN4O2. The molecule has 2 fully saturated rings. The number of morpholine rings is 1. The molecule has 0 spiro atoms. The maximum atomic E-state index is 5.76. The van der Waals surface area contributed by atoms with Crippen molar-refractivity contribution < 1.29 is 9.47 Å². The van der Waals surface area contributed by atoms with Gasteiger partial charge in [0.15, 0.2) is 5.96 Å². The zero-order valence-electron chi connectivity index (χ0n) is 14.8. The van der Waals surface area contributed by atoms with E-state index >= 15 is 0 Å². The van der Waals surface area contributed by atoms with Crippen LogP contribution in [-0.4, -0.2) is 81.4 Å². The Morgan fingerprint density at radius 2 is 2.04 bits per heavy atom. The van der Waals surface area contributed by atoms with Crippen LogP contribution < -0.4 is 10.1 Å². The van der Waals surface area contributed by atoms with Gasteiger partial charge in [-0.2, -0.15) is 0 Å². The quantitative estimate of drug-likeness (QED) is 0.455. The number of aliphatic imine (C=N–C) groups is 1. The highest BCUT2D eigenvalue weighted by Crippen LogP contribution is 2.17. The number of hydrogen-bond acceptors (Lipinski definition) is 4. The number of nitrogens with one attached hydrogen (secondary N) is 1. The van der Waals surface area contributed by atoms with Crippen LogP contribution in [0.4, 0.5) is 0 Å². The fraction of sp³-hybridized carbons (Fsp3) is 0.611. The number of hydrogen-bond donors (Lipinski definition) is 1. The fourth-order valence-corrected chi connectivity index (χ4v) is 3.63. The van der Waals surface area contributed by atoms with Crippen LogP contribution in [0.15, 0.2) is 33.7 Å². The van der Waals surface area contributed by atoms with E-state index in [2.05, 4.69) is 36.0 Å². The molecular weight excluding hydrogens is 384 g/mol. The first-order valence-electron chi connectivity index (χ1n) is 8.92. The van der Waals surface area contributed by atoms with E-state index in [-0.39, 0.29) is 0 Å². The summed E-state index contributed by atoms with van der Waals surface area (Å²) in [5.74, 6) is 1.85. The zero-order valence-corrected chi connectivity index (χ0v) is 16.4. The lowest BCUT2D eigenvalue weighted by molar-refractivity contribution is 0.0195. The highest BCUT2D eigenvalue weighted by Gasteiger charge is 2.30. The summed E-state index contributed by atoms with van der Waals surface area (Å²) >= 11 is 3.43. The molecule has 0 aliphatic carbocycles. The summed E-state index contributed by atoms with van der Waals surface area (Å²) < 4.78 is 12.3. The summed E-state index contributed by atoms with van der Waals surface area (Å²) in [6, 6.07) is 8.51. The molecule has 2 aliphatic heterocycles. The molecule has 2 aliphatic rings. The van der Waals surface area contributed by atoms with Crippen molar-refractivity contribution in [2.24, 2.45) is 4.99 Å². The van der Waals surface area contributed by atoms with Crippen LogP contribution in [0.1, 0.15) is 6.42 Å². The van der Waals surface area contributed by atoms with Crippen molar-refractivity contribution in [3.8, 4) is 5.75 Å². The van der Waals surface area contributed by atoms with Crippen LogP contribution >= 0.6 is 15.9 Å². The lowest BCUT2D eigenvalue weighted by Gasteiger charge is -2.32. The Morgan fingerprint density at radius 3 is 2.76 bits per heavy atom. The molecule has 0 saturated carbocycles. The fourth-order valence-electron chi connectivity index (χ4n) is 3.37. The van der Waals surface area contributed by atoms with Crippen LogP contribution in [0, 0.1) is 0 Å². The molecule has 1 N–H and O–H groups in total. The second kappa shape index (κ2) is 9.40. The molecule has 1 aromatic carbocycles. The van der Waals surface area contributed by atoms with Gasteiger partial charge in [0.1, 0.15) is 12.4 Å². The van der Waals surface area contributed by atoms with Crippen molar-refractivity contribution >= 4 is 21.9 Å². The number of nitrogens with zero attached hydrogens (tertiary/aromatic N) is 3. The van der Waals surface area contributed by atoms with Gasteiger partial charge in [0, 0.05) is 43.7 Å². The van der Waals surface area contributed by atoms with Crippen LogP contribution in [0.3, 0.4) is 0 Å². The van der Waals surface area contributed by atoms with Gasteiger partial charge < -0.3 is 19.7 Å². The number of halogens is 1. The average molecular weight is 411 g/mol. The maximum Gasteiger partial charge on any atom is 0.193 e. The van der Waals surface area contributed by atoms with Crippen molar-refractivity contribution in [3.63, 3.8) is 0 Å². The lowest BCUT2D eigenvalue weighted by Crippen LogP contribution is -2.47. The van der Waals surface area contributed by atoms with E-state index in [9.17, 15) is 0 Å². The van der Waals surface area contributed by atoms with Gasteiger partial charge in [-0.15, -0.1) is 0 Å². The first-order valence-corrected chi connectivity index (χ1v) is 9.71. The SMILES string of the molecule is CN=C(NCCOc1ccc(Br)cc1)N1CCC(N2CCOCC2)C1. The van der Waals surface area contributed by atoms with Crippen molar-refractivity contribution in [3.05, 3.63) is 28.7 Å². The topological polar surface area (TPSA) is 49.3 Å². The molecule has 1 unspecified atom stereocenters. The van der Waals surface area contributed by atoms with E-state index in [1.54, 1.807) is 0 Å². The Hall–Kier alpha value is -1.31. The number of rotatable bonds is 5. The average Bonchev–Trinajstić information content (AvgIpc) is 3.14. The first kappa shape index (κ1) is 18.5. The van der Waals surface area contributed by atoms with Gasteiger partial charge in [-0.05, 0) is 30.7 Å². The van der Waals surface area contributed by atoms with Gasteiger partial charge in [0.25, 0.3) is 0 Å². The molecule has 138 valence electrons. The first-order chi connectivity index (χ1) is 12.3. The summed E-state index contributed by atoms with van der Waals surface area (Å²) in [5.41, 5.74) is 0. The summed E-state index contributed by atoms with van der Waals surface area (Å²) in [6.45, 7) is 7.25. The Bertz CT molecular complexity index is 561. The third kappa shape index (κ3) is 5.33. The van der Waals surface area contributed by atoms with E-state index in [1.165, 1.54) is 6.42 Å². The summed E-state index contributed by atoms with van der Waals surface area (Å²) in [4.78, 5) is 9.33. The Labute approximate surface area is 158 Å². The monoisotopic (exact) mass is 410 g/mol. The van der Waals surface area contributed by atoms with E-state index in [4.69, 9.17) is 9.47 Å². The Morgan fingerprint density at radius 1 is 1.28 bits per heavy atom. The number of guanidine groups is 1. The van der Waals surface area contributed by atoms with Gasteiger partial charge >= 0.3 is 0 Å². The van der Waals surface area contributed by atoms with Gasteiger partial charge in [0.05, 0.1) is 19.8 Å². The standard InChI is InChI=1S/C18H27BrN4O2/c1-20-18(21-7-11-25-17-4-2-15(19)3-5-17)23-8-6-16(14-23)22-9-12-24-13-10-22/h2-5,16H,6-14H2,1H3,(H,20,21). The van der Waals surface area contributed by atoms with Gasteiger partial charge in [0.2, 0.25) is 0 Å². The zero-order chi connectivity index (χ0) is 17.5. The van der Waals surface area contributed by atoms with Crippen LogP contribution in [0.25, 0.3) is 0 Å². The summed E-state index contributed by atoms with van der Waals surface area (Å²) in [7, 11) is 1.85. The second-order valence-corrected chi connectivity index (χ2v) is 7.23. The molecule has 0 bridgehead atoms. The van der Waals surface area contributed by atoms with Gasteiger partial charge in [-0.1, -0.05) is 15.9 Å². The van der Waals surface area contributed by atoms with Crippen molar-refractivity contribution in [2.45, 2.75) is 12.5 Å².